The van der Waals surface area contributed by atoms with Crippen LogP contribution in [-0.2, 0) is 64.7 Å². The Morgan fingerprint density at radius 1 is 0.756 bits per heavy atom. The van der Waals surface area contributed by atoms with E-state index < -0.39 is 45.0 Å². The molecule has 0 amide bonds. The maximum atomic E-state index is 13.0. The quantitative estimate of drug-likeness (QED) is 0.0843. The van der Waals surface area contributed by atoms with E-state index in [-0.39, 0.29) is 68.5 Å². The fourth-order valence-electron chi connectivity index (χ4n) is 3.68. The van der Waals surface area contributed by atoms with Gasteiger partial charge in [0.2, 0.25) is 10.0 Å². The first-order chi connectivity index (χ1) is 21.1. The minimum Gasteiger partial charge on any atom is -0.464 e. The summed E-state index contributed by atoms with van der Waals surface area (Å²) >= 11 is 0. The van der Waals surface area contributed by atoms with E-state index >= 15 is 0 Å². The van der Waals surface area contributed by atoms with Gasteiger partial charge in [-0.3, -0.25) is 4.79 Å². The fraction of sp³-hybridized carbons (Fsp3) is 0.429. The number of esters is 3. The Kier molecular flexibility index (Phi) is 13.8. The average Bonchev–Trinajstić information content (AvgIpc) is 2.97. The lowest BCUT2D eigenvalue weighted by molar-refractivity contribution is -0.144. The lowest BCUT2D eigenvalue weighted by Crippen LogP contribution is -2.55. The van der Waals surface area contributed by atoms with Gasteiger partial charge in [0.15, 0.2) is 0 Å². The van der Waals surface area contributed by atoms with Crippen molar-refractivity contribution in [2.45, 2.75) is 51.2 Å². The number of aromatic nitrogens is 3. The summed E-state index contributed by atoms with van der Waals surface area (Å²) in [5, 5.41) is 8.13. The Morgan fingerprint density at radius 2 is 1.18 bits per heavy atom. The van der Waals surface area contributed by atoms with Crippen molar-refractivity contribution >= 4 is 27.9 Å². The number of carbonyl (C=O) groups is 3. The number of carbonyl (C=O) groups excluding carboxylic acids is 3. The van der Waals surface area contributed by atoms with Crippen molar-refractivity contribution in [1.29, 1.82) is 0 Å². The Balaban J connectivity index is 1.99. The number of benzene rings is 1. The van der Waals surface area contributed by atoms with Crippen molar-refractivity contribution in [1.82, 2.24) is 19.0 Å². The number of sulfonamides is 1. The molecule has 1 aromatic heterocycles. The molecule has 0 fully saturated rings. The van der Waals surface area contributed by atoms with Gasteiger partial charge >= 0.3 is 35.0 Å². The third-order valence-corrected chi connectivity index (χ3v) is 7.03. The van der Waals surface area contributed by atoms with Gasteiger partial charge in [-0.2, -0.15) is 0 Å². The molecule has 0 bridgehead atoms. The van der Waals surface area contributed by atoms with E-state index in [9.17, 15) is 37.2 Å². The Bertz CT molecular complexity index is 1630. The van der Waals surface area contributed by atoms with Crippen molar-refractivity contribution < 1.29 is 37.0 Å². The molecule has 1 heterocycles. The van der Waals surface area contributed by atoms with Crippen LogP contribution in [0.15, 0.2) is 67.8 Å². The zero-order chi connectivity index (χ0) is 33.7. The summed E-state index contributed by atoms with van der Waals surface area (Å²) in [5.74, 6) is -2.08. The lowest BCUT2D eigenvalue weighted by atomic mass is 10.1. The molecule has 0 aliphatic rings. The number of hydrogen-bond acceptors (Lipinski definition) is 12. The molecule has 0 saturated carbocycles. The summed E-state index contributed by atoms with van der Waals surface area (Å²) < 4.78 is 39.8. The molecule has 0 spiro atoms. The van der Waals surface area contributed by atoms with Crippen LogP contribution in [0.25, 0.3) is 0 Å². The zero-order valence-electron chi connectivity index (χ0n) is 25.1. The van der Waals surface area contributed by atoms with Crippen LogP contribution in [-0.4, -0.2) is 72.9 Å². The number of primary sulfonamides is 1. The van der Waals surface area contributed by atoms with E-state index in [1.807, 2.05) is 0 Å². The maximum Gasteiger partial charge on any atom is 0.336 e. The van der Waals surface area contributed by atoms with Crippen LogP contribution in [0.2, 0.25) is 0 Å². The maximum absolute atomic E-state index is 13.0. The summed E-state index contributed by atoms with van der Waals surface area (Å²) in [6.07, 6.45) is 0.537. The second-order valence-corrected chi connectivity index (χ2v) is 11.4. The van der Waals surface area contributed by atoms with E-state index in [1.165, 1.54) is 26.0 Å². The lowest BCUT2D eigenvalue weighted by Gasteiger charge is -2.14. The predicted molar refractivity (Wildman–Crippen MR) is 161 cm³/mol. The van der Waals surface area contributed by atoms with Crippen LogP contribution in [0.4, 0.5) is 0 Å². The van der Waals surface area contributed by atoms with E-state index in [0.29, 0.717) is 26.7 Å². The molecule has 1 aromatic carbocycles. The van der Waals surface area contributed by atoms with E-state index in [4.69, 9.17) is 19.3 Å². The second kappa shape index (κ2) is 17.0. The minimum absolute atomic E-state index is 0.00937. The summed E-state index contributed by atoms with van der Waals surface area (Å²) in [6, 6.07) is 6.09. The molecule has 0 radical (unpaired) electrons. The predicted octanol–water partition coefficient (Wildman–Crippen LogP) is -1.18. The molecule has 16 nitrogen and oxygen atoms in total. The smallest absolute Gasteiger partial charge is 0.336 e. The van der Waals surface area contributed by atoms with E-state index in [2.05, 4.69) is 18.5 Å². The molecule has 2 rings (SSSR count). The molecule has 0 aliphatic heterocycles. The van der Waals surface area contributed by atoms with Gasteiger partial charge in [-0.25, -0.2) is 51.2 Å². The van der Waals surface area contributed by atoms with Crippen molar-refractivity contribution in [2.75, 3.05) is 32.9 Å². The highest BCUT2D eigenvalue weighted by atomic mass is 32.2. The molecular formula is C28H37N5O11S. The topological polar surface area (TPSA) is 217 Å². The molecule has 45 heavy (non-hydrogen) atoms. The van der Waals surface area contributed by atoms with Gasteiger partial charge in [0.05, 0.1) is 31.0 Å². The molecule has 0 unspecified atom stereocenters. The van der Waals surface area contributed by atoms with Gasteiger partial charge in [0.25, 0.3) is 0 Å². The number of rotatable bonds is 18. The van der Waals surface area contributed by atoms with Gasteiger partial charge in [-0.1, -0.05) is 25.3 Å². The Hall–Kier alpha value is -4.61. The SMILES string of the molecule is C=C(C)C(=O)OCCn1c(=O)n(CCOC(=O)CCNCCc2ccc(S(N)(=O)=O)cc2)c(=O)n(CCOC(=O)C(=C)C)c1=O. The molecule has 17 heteroatoms. The van der Waals surface area contributed by atoms with Crippen molar-refractivity contribution in [3.63, 3.8) is 0 Å². The molecule has 0 atom stereocenters. The number of nitrogens with two attached hydrogens (primary N) is 1. The monoisotopic (exact) mass is 651 g/mol. The molecule has 0 aliphatic carbocycles. The van der Waals surface area contributed by atoms with Crippen LogP contribution in [0.1, 0.15) is 25.8 Å². The Labute approximate surface area is 258 Å². The summed E-state index contributed by atoms with van der Waals surface area (Å²) in [6.45, 7) is 8.23. The van der Waals surface area contributed by atoms with Crippen LogP contribution in [0.3, 0.4) is 0 Å². The average molecular weight is 652 g/mol. The van der Waals surface area contributed by atoms with Crippen LogP contribution >= 0.6 is 0 Å². The molecule has 2 aromatic rings. The number of nitrogens with one attached hydrogen (secondary N) is 1. The number of ether oxygens (including phenoxy) is 3. The second-order valence-electron chi connectivity index (χ2n) is 9.79. The largest absolute Gasteiger partial charge is 0.464 e. The van der Waals surface area contributed by atoms with Crippen molar-refractivity contribution in [3.05, 3.63) is 85.6 Å². The standard InChI is InChI=1S/C28H37N5O11S/c1-19(2)24(35)43-17-14-32-26(37)31(27(38)33(28(32)39)15-18-44-25(36)20(3)4)13-16-42-23(34)10-12-30-11-9-21-5-7-22(8-6-21)45(29,40)41/h5-8,30H,1,3,9-18H2,2,4H3,(H2,29,40,41). The van der Waals surface area contributed by atoms with Gasteiger partial charge in [-0.05, 0) is 44.5 Å². The highest BCUT2D eigenvalue weighted by molar-refractivity contribution is 7.89. The Morgan fingerprint density at radius 3 is 1.58 bits per heavy atom. The van der Waals surface area contributed by atoms with Gasteiger partial charge in [0.1, 0.15) is 19.8 Å². The highest BCUT2D eigenvalue weighted by Gasteiger charge is 2.17. The first kappa shape index (κ1) is 36.6. The third kappa shape index (κ3) is 11.4. The summed E-state index contributed by atoms with van der Waals surface area (Å²) in [7, 11) is -3.77. The van der Waals surface area contributed by atoms with Crippen molar-refractivity contribution in [2.24, 2.45) is 5.14 Å². The highest BCUT2D eigenvalue weighted by Crippen LogP contribution is 2.09. The van der Waals surface area contributed by atoms with E-state index in [0.717, 1.165) is 5.56 Å². The summed E-state index contributed by atoms with van der Waals surface area (Å²) in [5.41, 5.74) is -1.96. The molecule has 0 saturated heterocycles. The third-order valence-electron chi connectivity index (χ3n) is 6.10. The van der Waals surface area contributed by atoms with Crippen LogP contribution < -0.4 is 27.5 Å². The molecule has 246 valence electrons. The van der Waals surface area contributed by atoms with Gasteiger partial charge in [0, 0.05) is 17.7 Å². The number of hydrogen-bond donors (Lipinski definition) is 2. The van der Waals surface area contributed by atoms with E-state index in [1.54, 1.807) is 12.1 Å². The molecule has 3 N–H and O–H groups in total. The fourth-order valence-corrected chi connectivity index (χ4v) is 4.19. The minimum atomic E-state index is -3.77. The zero-order valence-corrected chi connectivity index (χ0v) is 25.9. The van der Waals surface area contributed by atoms with Gasteiger partial charge < -0.3 is 19.5 Å². The van der Waals surface area contributed by atoms with Crippen molar-refractivity contribution in [3.8, 4) is 0 Å². The van der Waals surface area contributed by atoms with Crippen LogP contribution in [0, 0.1) is 0 Å². The summed E-state index contributed by atoms with van der Waals surface area (Å²) in [4.78, 5) is 74.6. The van der Waals surface area contributed by atoms with Gasteiger partial charge in [-0.15, -0.1) is 0 Å². The first-order valence-electron chi connectivity index (χ1n) is 13.7. The molecular weight excluding hydrogens is 614 g/mol. The number of nitrogens with zero attached hydrogens (tertiary/aromatic N) is 3. The first-order valence-corrected chi connectivity index (χ1v) is 15.3. The normalized spacial score (nSPS) is 11.1. The van der Waals surface area contributed by atoms with Crippen LogP contribution in [0.5, 0.6) is 0 Å².